The fourth-order valence-electron chi connectivity index (χ4n) is 3.62. The largest absolute Gasteiger partial charge is 0.458 e. The van der Waals surface area contributed by atoms with Crippen LogP contribution in [0.25, 0.3) is 0 Å². The number of aryl methyl sites for hydroxylation is 1. The summed E-state index contributed by atoms with van der Waals surface area (Å²) in [6.45, 7) is 8.02. The van der Waals surface area contributed by atoms with Gasteiger partial charge in [-0.15, -0.1) is 0 Å². The number of ether oxygens (including phenoxy) is 1. The number of benzene rings is 2. The fraction of sp³-hybridized carbons (Fsp3) is 0.250. The molecule has 2 aromatic rings. The molecule has 1 amide bonds. The highest BCUT2D eigenvalue weighted by Gasteiger charge is 2.36. The fourth-order valence-corrected chi connectivity index (χ4v) is 3.62. The molecule has 2 aromatic carbocycles. The average Bonchev–Trinajstić information content (AvgIpc) is 2.69. The van der Waals surface area contributed by atoms with Gasteiger partial charge in [-0.3, -0.25) is 4.79 Å². The van der Waals surface area contributed by atoms with Crippen molar-refractivity contribution in [1.29, 1.82) is 0 Å². The molecule has 28 heavy (non-hydrogen) atoms. The molecule has 0 N–H and O–H groups in total. The second kappa shape index (κ2) is 8.70. The zero-order chi connectivity index (χ0) is 20.1. The van der Waals surface area contributed by atoms with Gasteiger partial charge in [0.25, 0.3) is 0 Å². The number of amides is 1. The predicted molar refractivity (Wildman–Crippen MR) is 109 cm³/mol. The Bertz CT molecular complexity index is 914. The van der Waals surface area contributed by atoms with Crippen LogP contribution in [-0.2, 0) is 20.9 Å². The summed E-state index contributed by atoms with van der Waals surface area (Å²) in [5.41, 5.74) is 4.26. The van der Waals surface area contributed by atoms with Gasteiger partial charge in [0.1, 0.15) is 6.61 Å². The lowest BCUT2D eigenvalue weighted by Gasteiger charge is -2.34. The third-order valence-corrected chi connectivity index (χ3v) is 5.00. The van der Waals surface area contributed by atoms with Crippen molar-refractivity contribution in [3.8, 4) is 0 Å². The summed E-state index contributed by atoms with van der Waals surface area (Å²) >= 11 is 0. The second-order valence-corrected chi connectivity index (χ2v) is 7.02. The van der Waals surface area contributed by atoms with Gasteiger partial charge in [0, 0.05) is 18.0 Å². The maximum absolute atomic E-state index is 13.0. The van der Waals surface area contributed by atoms with E-state index in [0.717, 1.165) is 16.7 Å². The van der Waals surface area contributed by atoms with Crippen LogP contribution in [0.4, 0.5) is 0 Å². The van der Waals surface area contributed by atoms with Crippen molar-refractivity contribution >= 4 is 11.9 Å². The summed E-state index contributed by atoms with van der Waals surface area (Å²) in [4.78, 5) is 27.5. The zero-order valence-corrected chi connectivity index (χ0v) is 16.4. The highest BCUT2D eigenvalue weighted by Crippen LogP contribution is 2.37. The Morgan fingerprint density at radius 1 is 1.18 bits per heavy atom. The number of esters is 1. The predicted octanol–water partition coefficient (Wildman–Crippen LogP) is 4.51. The first-order valence-electron chi connectivity index (χ1n) is 9.41. The first-order valence-corrected chi connectivity index (χ1v) is 9.41. The Morgan fingerprint density at radius 3 is 2.61 bits per heavy atom. The van der Waals surface area contributed by atoms with E-state index < -0.39 is 5.97 Å². The van der Waals surface area contributed by atoms with Crippen LogP contribution in [0.2, 0.25) is 0 Å². The van der Waals surface area contributed by atoms with Crippen molar-refractivity contribution < 1.29 is 14.3 Å². The molecule has 1 heterocycles. The third-order valence-electron chi connectivity index (χ3n) is 5.00. The molecule has 3 rings (SSSR count). The molecule has 0 spiro atoms. The summed E-state index contributed by atoms with van der Waals surface area (Å²) in [7, 11) is 0. The lowest BCUT2D eigenvalue weighted by molar-refractivity contribution is -0.139. The zero-order valence-electron chi connectivity index (χ0n) is 16.4. The lowest BCUT2D eigenvalue weighted by Crippen LogP contribution is -2.38. The molecule has 1 aliphatic rings. The summed E-state index contributed by atoms with van der Waals surface area (Å²) in [5.74, 6) is -0.695. The molecular formula is C24H25NO3. The van der Waals surface area contributed by atoms with Gasteiger partial charge in [0.05, 0.1) is 12.1 Å². The second-order valence-electron chi connectivity index (χ2n) is 7.02. The van der Waals surface area contributed by atoms with Crippen molar-refractivity contribution in [3.05, 3.63) is 95.2 Å². The minimum absolute atomic E-state index is 0.00753. The van der Waals surface area contributed by atoms with Crippen molar-refractivity contribution in [3.63, 3.8) is 0 Å². The summed E-state index contributed by atoms with van der Waals surface area (Å²) in [5, 5.41) is 0. The maximum atomic E-state index is 13.0. The van der Waals surface area contributed by atoms with Crippen LogP contribution in [0.5, 0.6) is 0 Å². The normalized spacial score (nSPS) is 16.9. The molecule has 0 bridgehead atoms. The van der Waals surface area contributed by atoms with Crippen molar-refractivity contribution in [2.24, 2.45) is 0 Å². The topological polar surface area (TPSA) is 46.6 Å². The molecule has 0 aromatic heterocycles. The van der Waals surface area contributed by atoms with E-state index in [-0.39, 0.29) is 24.9 Å². The molecular weight excluding hydrogens is 350 g/mol. The summed E-state index contributed by atoms with van der Waals surface area (Å²) < 4.78 is 5.36. The number of rotatable bonds is 6. The van der Waals surface area contributed by atoms with E-state index in [1.54, 1.807) is 11.0 Å². The molecule has 1 unspecified atom stereocenters. The van der Waals surface area contributed by atoms with Gasteiger partial charge in [-0.05, 0) is 25.0 Å². The number of hydrogen-bond acceptors (Lipinski definition) is 3. The van der Waals surface area contributed by atoms with Gasteiger partial charge < -0.3 is 9.64 Å². The SMILES string of the molecule is C=CCOC(=O)C1=C(C)N(Cc2ccccc2)C(=O)CC1c1cccc(C)c1. The Hall–Kier alpha value is -3.14. The molecule has 0 radical (unpaired) electrons. The first kappa shape index (κ1) is 19.6. The summed E-state index contributed by atoms with van der Waals surface area (Å²) in [6.07, 6.45) is 1.79. The van der Waals surface area contributed by atoms with Gasteiger partial charge >= 0.3 is 5.97 Å². The molecule has 144 valence electrons. The van der Waals surface area contributed by atoms with E-state index in [1.165, 1.54) is 0 Å². The van der Waals surface area contributed by atoms with Crippen LogP contribution in [0.1, 0.15) is 36.0 Å². The van der Waals surface area contributed by atoms with Gasteiger partial charge in [0.15, 0.2) is 0 Å². The standard InChI is InChI=1S/C24H25NO3/c1-4-13-28-24(27)23-18(3)25(16-19-10-6-5-7-11-19)22(26)15-21(23)20-12-8-9-17(2)14-20/h4-12,14,21H,1,13,15-16H2,2-3H3. The number of carbonyl (C=O) groups is 2. The number of nitrogens with zero attached hydrogens (tertiary/aromatic N) is 1. The van der Waals surface area contributed by atoms with Crippen LogP contribution in [0, 0.1) is 6.92 Å². The van der Waals surface area contributed by atoms with Crippen molar-refractivity contribution in [2.45, 2.75) is 32.7 Å². The monoisotopic (exact) mass is 375 g/mol. The minimum Gasteiger partial charge on any atom is -0.458 e. The number of hydrogen-bond donors (Lipinski definition) is 0. The van der Waals surface area contributed by atoms with Gasteiger partial charge in [0.2, 0.25) is 5.91 Å². The molecule has 0 fully saturated rings. The van der Waals surface area contributed by atoms with Crippen LogP contribution < -0.4 is 0 Å². The number of carbonyl (C=O) groups excluding carboxylic acids is 2. The molecule has 0 aliphatic carbocycles. The van der Waals surface area contributed by atoms with E-state index in [1.807, 2.05) is 68.4 Å². The van der Waals surface area contributed by atoms with Crippen molar-refractivity contribution in [1.82, 2.24) is 4.90 Å². The van der Waals surface area contributed by atoms with Gasteiger partial charge in [-0.25, -0.2) is 4.79 Å². The quantitative estimate of drug-likeness (QED) is 0.551. The average molecular weight is 375 g/mol. The Kier molecular flexibility index (Phi) is 6.09. The first-order chi connectivity index (χ1) is 13.5. The molecule has 4 heteroatoms. The van der Waals surface area contributed by atoms with Crippen LogP contribution >= 0.6 is 0 Å². The Morgan fingerprint density at radius 2 is 1.93 bits per heavy atom. The smallest absolute Gasteiger partial charge is 0.336 e. The molecule has 1 aliphatic heterocycles. The van der Waals surface area contributed by atoms with E-state index in [4.69, 9.17) is 4.74 Å². The Labute approximate surface area is 166 Å². The Balaban J connectivity index is 2.02. The van der Waals surface area contributed by atoms with E-state index in [9.17, 15) is 9.59 Å². The molecule has 1 atom stereocenters. The molecule has 4 nitrogen and oxygen atoms in total. The van der Waals surface area contributed by atoms with Crippen molar-refractivity contribution in [2.75, 3.05) is 6.61 Å². The molecule has 0 saturated heterocycles. The minimum atomic E-state index is -0.394. The van der Waals surface area contributed by atoms with E-state index in [0.29, 0.717) is 17.8 Å². The molecule has 0 saturated carbocycles. The number of allylic oxidation sites excluding steroid dienone is 1. The van der Waals surface area contributed by atoms with Gasteiger partial charge in [-0.2, -0.15) is 0 Å². The third kappa shape index (κ3) is 4.22. The van der Waals surface area contributed by atoms with E-state index in [2.05, 4.69) is 6.58 Å². The maximum Gasteiger partial charge on any atom is 0.336 e. The summed E-state index contributed by atoms with van der Waals surface area (Å²) in [6, 6.07) is 17.7. The van der Waals surface area contributed by atoms with Crippen LogP contribution in [0.15, 0.2) is 78.5 Å². The van der Waals surface area contributed by atoms with Crippen LogP contribution in [0.3, 0.4) is 0 Å². The highest BCUT2D eigenvalue weighted by atomic mass is 16.5. The lowest BCUT2D eigenvalue weighted by atomic mass is 9.83. The van der Waals surface area contributed by atoms with Crippen LogP contribution in [-0.4, -0.2) is 23.4 Å². The highest BCUT2D eigenvalue weighted by molar-refractivity contribution is 5.95. The van der Waals surface area contributed by atoms with E-state index >= 15 is 0 Å². The van der Waals surface area contributed by atoms with Gasteiger partial charge in [-0.1, -0.05) is 72.8 Å².